The number of Topliss-reactive ketones (excluding diaryl/α,β-unsaturated/α-hetero) is 1. The van der Waals surface area contributed by atoms with Gasteiger partial charge in [0, 0.05) is 37.7 Å². The second-order valence-corrected chi connectivity index (χ2v) is 16.9. The zero-order chi connectivity index (χ0) is 34.2. The van der Waals surface area contributed by atoms with E-state index in [-0.39, 0.29) is 5.37 Å². The highest BCUT2D eigenvalue weighted by Crippen LogP contribution is 2.53. The van der Waals surface area contributed by atoms with Gasteiger partial charge in [-0.15, -0.1) is 35.0 Å². The fraction of sp³-hybridized carbons (Fsp3) is 0.703. The van der Waals surface area contributed by atoms with Gasteiger partial charge in [0.15, 0.2) is 0 Å². The molecule has 1 aliphatic rings. The first-order valence-corrected chi connectivity index (χ1v) is 21.0. The Labute approximate surface area is 296 Å². The Morgan fingerprint density at radius 2 is 1.33 bits per heavy atom. The number of carbonyl (C=O) groups excluding carboxylic acids is 1. The van der Waals surface area contributed by atoms with Gasteiger partial charge in [0.1, 0.15) is 5.78 Å². The summed E-state index contributed by atoms with van der Waals surface area (Å²) in [5.41, 5.74) is 7.13. The Bertz CT molecular complexity index is 1080. The molecule has 264 valence electrons. The van der Waals surface area contributed by atoms with Crippen LogP contribution in [0, 0.1) is 0 Å². The minimum Gasteiger partial charge on any atom is -0.306 e. The lowest BCUT2D eigenvalue weighted by molar-refractivity contribution is -0.119. The largest absolute Gasteiger partial charge is 0.344 e. The molecule has 5 nitrogen and oxygen atoms in total. The minimum atomic E-state index is -3.13. The van der Waals surface area contributed by atoms with Crippen molar-refractivity contribution in [1.82, 2.24) is 9.76 Å². The SMILES string of the molecule is CC(C)=CCCC(C)=CCCC(C)=CCCC=C(C)CCC=C(C)CCC(=O)CCCSC1CCOP(=O)(NCCCl)N1CCCl. The van der Waals surface area contributed by atoms with Gasteiger partial charge in [0.25, 0.3) is 0 Å². The van der Waals surface area contributed by atoms with Gasteiger partial charge in [-0.25, -0.2) is 9.76 Å². The first-order valence-electron chi connectivity index (χ1n) is 17.3. The van der Waals surface area contributed by atoms with E-state index in [1.165, 1.54) is 34.3 Å². The quantitative estimate of drug-likeness (QED) is 0.0439. The standard InChI is InChI=1S/C37H63Cl2N2O3PS/c1-31(2)13-9-16-34(5)19-10-17-32(3)14-7-8-15-33(4)18-11-20-35(6)22-23-36(42)21-12-30-46-37-24-29-44-45(43,40-27-25-38)41(37)28-26-39/h13-15,19-20,37H,7-12,16-18,21-30H2,1-6H3,(H,40,43). The van der Waals surface area contributed by atoms with Crippen LogP contribution in [0.1, 0.15) is 125 Å². The summed E-state index contributed by atoms with van der Waals surface area (Å²) in [6.45, 7) is 14.6. The molecule has 1 aliphatic heterocycles. The van der Waals surface area contributed by atoms with Crippen LogP contribution in [-0.2, 0) is 13.9 Å². The Balaban J connectivity index is 2.26. The first kappa shape index (κ1) is 43.4. The summed E-state index contributed by atoms with van der Waals surface area (Å²) < 4.78 is 20.8. The second kappa shape index (κ2) is 26.3. The minimum absolute atomic E-state index is 0.0594. The van der Waals surface area contributed by atoms with Crippen LogP contribution in [0.15, 0.2) is 58.2 Å². The van der Waals surface area contributed by atoms with Crippen molar-refractivity contribution in [1.29, 1.82) is 0 Å². The maximum absolute atomic E-state index is 13.3. The number of ketones is 1. The van der Waals surface area contributed by atoms with Crippen molar-refractivity contribution < 1.29 is 13.9 Å². The average molecular weight is 718 g/mol. The molecule has 0 radical (unpaired) electrons. The Kier molecular flexibility index (Phi) is 24.8. The van der Waals surface area contributed by atoms with Crippen LogP contribution in [0.3, 0.4) is 0 Å². The van der Waals surface area contributed by atoms with Gasteiger partial charge < -0.3 is 4.52 Å². The van der Waals surface area contributed by atoms with E-state index in [4.69, 9.17) is 27.7 Å². The number of nitrogens with one attached hydrogen (secondary N) is 1. The van der Waals surface area contributed by atoms with Gasteiger partial charge in [-0.1, -0.05) is 58.2 Å². The Morgan fingerprint density at radius 3 is 1.87 bits per heavy atom. The first-order chi connectivity index (χ1) is 22.0. The fourth-order valence-electron chi connectivity index (χ4n) is 5.22. The van der Waals surface area contributed by atoms with Crippen LogP contribution in [0.5, 0.6) is 0 Å². The number of hydrogen-bond donors (Lipinski definition) is 1. The van der Waals surface area contributed by atoms with Crippen molar-refractivity contribution in [2.75, 3.05) is 37.2 Å². The van der Waals surface area contributed by atoms with Crippen molar-refractivity contribution in [3.8, 4) is 0 Å². The summed E-state index contributed by atoms with van der Waals surface area (Å²) in [6.07, 6.45) is 24.3. The zero-order valence-electron chi connectivity index (χ0n) is 29.7. The van der Waals surface area contributed by atoms with E-state index < -0.39 is 7.67 Å². The van der Waals surface area contributed by atoms with Crippen molar-refractivity contribution in [3.63, 3.8) is 0 Å². The fourth-order valence-corrected chi connectivity index (χ4v) is 9.43. The molecule has 0 aliphatic carbocycles. The molecule has 0 aromatic rings. The van der Waals surface area contributed by atoms with Crippen LogP contribution in [-0.4, -0.2) is 53.0 Å². The lowest BCUT2D eigenvalue weighted by Gasteiger charge is -2.40. The lowest BCUT2D eigenvalue weighted by Crippen LogP contribution is -2.42. The van der Waals surface area contributed by atoms with Crippen LogP contribution < -0.4 is 5.09 Å². The molecule has 2 unspecified atom stereocenters. The molecule has 1 saturated heterocycles. The van der Waals surface area contributed by atoms with Crippen molar-refractivity contribution in [3.05, 3.63) is 58.2 Å². The smallest absolute Gasteiger partial charge is 0.306 e. The topological polar surface area (TPSA) is 58.6 Å². The highest BCUT2D eigenvalue weighted by atomic mass is 35.5. The average Bonchev–Trinajstić information content (AvgIpc) is 3.01. The Hall–Kier alpha value is -0.590. The third-order valence-electron chi connectivity index (χ3n) is 8.04. The van der Waals surface area contributed by atoms with Crippen LogP contribution in [0.4, 0.5) is 0 Å². The predicted octanol–water partition coefficient (Wildman–Crippen LogP) is 11.9. The van der Waals surface area contributed by atoms with Crippen LogP contribution in [0.25, 0.3) is 0 Å². The summed E-state index contributed by atoms with van der Waals surface area (Å²) in [7, 11) is -3.13. The second-order valence-electron chi connectivity index (χ2n) is 12.7. The zero-order valence-corrected chi connectivity index (χ0v) is 32.9. The van der Waals surface area contributed by atoms with E-state index in [1.54, 1.807) is 11.8 Å². The summed E-state index contributed by atoms with van der Waals surface area (Å²) in [5, 5.41) is 3.05. The van der Waals surface area contributed by atoms with E-state index in [2.05, 4.69) is 77.0 Å². The molecule has 9 heteroatoms. The lowest BCUT2D eigenvalue weighted by atomic mass is 10.0. The number of unbranched alkanes of at least 4 members (excludes halogenated alkanes) is 1. The van der Waals surface area contributed by atoms with Crippen molar-refractivity contribution in [2.45, 2.75) is 130 Å². The molecule has 46 heavy (non-hydrogen) atoms. The molecule has 0 spiro atoms. The molecule has 2 atom stereocenters. The van der Waals surface area contributed by atoms with Gasteiger partial charge >= 0.3 is 7.67 Å². The summed E-state index contributed by atoms with van der Waals surface area (Å²) in [5.74, 6) is 1.90. The molecule has 0 amide bonds. The highest BCUT2D eigenvalue weighted by Gasteiger charge is 2.40. The molecular formula is C37H63Cl2N2O3PS. The third kappa shape index (κ3) is 20.7. The van der Waals surface area contributed by atoms with Gasteiger partial charge in [-0.2, -0.15) is 0 Å². The number of allylic oxidation sites excluding steroid dienone is 10. The third-order valence-corrected chi connectivity index (χ3v) is 12.3. The van der Waals surface area contributed by atoms with E-state index in [1.807, 2.05) is 4.67 Å². The molecule has 1 heterocycles. The molecular weight excluding hydrogens is 654 g/mol. The molecule has 0 bridgehead atoms. The summed E-state index contributed by atoms with van der Waals surface area (Å²) >= 11 is 13.5. The van der Waals surface area contributed by atoms with Gasteiger partial charge in [-0.3, -0.25) is 9.36 Å². The van der Waals surface area contributed by atoms with E-state index in [0.29, 0.717) is 50.1 Å². The molecule has 0 saturated carbocycles. The number of nitrogens with zero attached hydrogens (tertiary/aromatic N) is 1. The number of rotatable bonds is 25. The summed E-state index contributed by atoms with van der Waals surface area (Å²) in [4.78, 5) is 12.5. The maximum atomic E-state index is 13.3. The number of hydrogen-bond acceptors (Lipinski definition) is 4. The Morgan fingerprint density at radius 1 is 0.783 bits per heavy atom. The molecule has 1 N–H and O–H groups in total. The van der Waals surface area contributed by atoms with Gasteiger partial charge in [0.2, 0.25) is 0 Å². The molecule has 0 aromatic carbocycles. The van der Waals surface area contributed by atoms with Crippen molar-refractivity contribution >= 4 is 48.4 Å². The maximum Gasteiger partial charge on any atom is 0.344 e. The molecule has 0 aromatic heterocycles. The molecule has 1 fully saturated rings. The number of alkyl halides is 2. The van der Waals surface area contributed by atoms with Gasteiger partial charge in [-0.05, 0) is 118 Å². The number of thioether (sulfide) groups is 1. The van der Waals surface area contributed by atoms with Crippen LogP contribution >= 0.6 is 42.6 Å². The predicted molar refractivity (Wildman–Crippen MR) is 205 cm³/mol. The number of halogens is 2. The van der Waals surface area contributed by atoms with E-state index in [0.717, 1.165) is 70.0 Å². The molecule has 1 rings (SSSR count). The normalized spacial score (nSPS) is 20.3. The highest BCUT2D eigenvalue weighted by molar-refractivity contribution is 8.00. The van der Waals surface area contributed by atoms with E-state index in [9.17, 15) is 9.36 Å². The monoisotopic (exact) mass is 716 g/mol. The summed E-state index contributed by atoms with van der Waals surface area (Å²) in [6, 6.07) is 0. The van der Waals surface area contributed by atoms with Crippen LogP contribution in [0.2, 0.25) is 0 Å². The number of carbonyl (C=O) groups is 1. The van der Waals surface area contributed by atoms with Gasteiger partial charge in [0.05, 0.1) is 12.0 Å². The van der Waals surface area contributed by atoms with E-state index >= 15 is 0 Å². The van der Waals surface area contributed by atoms with Crippen molar-refractivity contribution in [2.24, 2.45) is 0 Å².